The molecule has 5 rings (SSSR count). The van der Waals surface area contributed by atoms with Crippen molar-refractivity contribution in [2.45, 2.75) is 18.8 Å². The average Bonchev–Trinajstić information content (AvgIpc) is 3.45. The van der Waals surface area contributed by atoms with Gasteiger partial charge in [0.05, 0.1) is 17.8 Å². The summed E-state index contributed by atoms with van der Waals surface area (Å²) in [5.74, 6) is -3.11. The molecule has 3 N–H and O–H groups in total. The monoisotopic (exact) mass is 492 g/mol. The van der Waals surface area contributed by atoms with Crippen LogP contribution >= 0.6 is 0 Å². The first-order chi connectivity index (χ1) is 17.3. The SMILES string of the molecule is Cn1ccc(-c2nc(N)c(C(=O)NCCCN3CCC(F)(F)C3)nc2-c2ccc3ncccc3c2)n1. The maximum absolute atomic E-state index is 13.4. The van der Waals surface area contributed by atoms with Gasteiger partial charge in [0.2, 0.25) is 0 Å². The number of nitrogens with zero attached hydrogens (tertiary/aromatic N) is 6. The maximum atomic E-state index is 13.4. The minimum absolute atomic E-state index is 0.00340. The molecule has 36 heavy (non-hydrogen) atoms. The van der Waals surface area contributed by atoms with Crippen LogP contribution in [0, 0.1) is 0 Å². The minimum Gasteiger partial charge on any atom is -0.382 e. The lowest BCUT2D eigenvalue weighted by atomic mass is 10.0. The first-order valence-electron chi connectivity index (χ1n) is 11.7. The summed E-state index contributed by atoms with van der Waals surface area (Å²) in [7, 11) is 1.80. The van der Waals surface area contributed by atoms with Crippen LogP contribution in [0.3, 0.4) is 0 Å². The van der Waals surface area contributed by atoms with Gasteiger partial charge in [-0.1, -0.05) is 12.1 Å². The van der Waals surface area contributed by atoms with E-state index in [0.29, 0.717) is 43.1 Å². The molecular formula is C25H26F2N8O. The number of aryl methyl sites for hydroxylation is 1. The van der Waals surface area contributed by atoms with Crippen LogP contribution in [0.2, 0.25) is 0 Å². The second-order valence-corrected chi connectivity index (χ2v) is 8.93. The molecule has 186 valence electrons. The number of carbonyl (C=O) groups excluding carboxylic acids is 1. The van der Waals surface area contributed by atoms with E-state index in [2.05, 4.69) is 25.4 Å². The predicted octanol–water partition coefficient (Wildman–Crippen LogP) is 3.14. The Morgan fingerprint density at radius 3 is 2.81 bits per heavy atom. The van der Waals surface area contributed by atoms with E-state index in [1.54, 1.807) is 35.1 Å². The maximum Gasteiger partial charge on any atom is 0.273 e. The molecule has 1 saturated heterocycles. The number of aromatic nitrogens is 5. The van der Waals surface area contributed by atoms with E-state index in [9.17, 15) is 13.6 Å². The molecule has 1 fully saturated rings. The number of benzene rings is 1. The summed E-state index contributed by atoms with van der Waals surface area (Å²) < 4.78 is 28.4. The van der Waals surface area contributed by atoms with Crippen molar-refractivity contribution < 1.29 is 13.6 Å². The van der Waals surface area contributed by atoms with Gasteiger partial charge < -0.3 is 11.1 Å². The van der Waals surface area contributed by atoms with E-state index in [4.69, 9.17) is 5.73 Å². The van der Waals surface area contributed by atoms with Crippen LogP contribution in [-0.4, -0.2) is 67.6 Å². The van der Waals surface area contributed by atoms with Crippen molar-refractivity contribution >= 4 is 22.6 Å². The van der Waals surface area contributed by atoms with Crippen LogP contribution in [-0.2, 0) is 7.05 Å². The normalized spacial score (nSPS) is 15.4. The second kappa shape index (κ2) is 9.57. The van der Waals surface area contributed by atoms with Gasteiger partial charge in [-0.15, -0.1) is 0 Å². The van der Waals surface area contributed by atoms with E-state index in [1.165, 1.54) is 0 Å². The quantitative estimate of drug-likeness (QED) is 0.381. The Labute approximate surface area is 206 Å². The summed E-state index contributed by atoms with van der Waals surface area (Å²) in [6.45, 7) is 0.908. The number of fused-ring (bicyclic) bond motifs is 1. The number of hydrogen-bond donors (Lipinski definition) is 2. The van der Waals surface area contributed by atoms with Gasteiger partial charge in [-0.25, -0.2) is 18.7 Å². The van der Waals surface area contributed by atoms with Gasteiger partial charge in [-0.3, -0.25) is 19.4 Å². The summed E-state index contributed by atoms with van der Waals surface area (Å²) >= 11 is 0. The number of carbonyl (C=O) groups is 1. The standard InChI is InChI=1S/C25H26F2N8O/c1-34-12-7-19(33-34)21-20(17-5-6-18-16(14-17)4-2-9-29-18)31-22(23(28)32-21)24(36)30-10-3-11-35-13-8-25(26,27)15-35/h2,4-7,9,12,14H,3,8,10-11,13,15H2,1H3,(H2,28,32)(H,30,36). The molecule has 3 aromatic heterocycles. The van der Waals surface area contributed by atoms with Gasteiger partial charge in [-0.05, 0) is 30.7 Å². The first kappa shape index (κ1) is 23.7. The largest absolute Gasteiger partial charge is 0.382 e. The fraction of sp³-hybridized carbons (Fsp3) is 0.320. The van der Waals surface area contributed by atoms with Crippen molar-refractivity contribution in [2.24, 2.45) is 7.05 Å². The van der Waals surface area contributed by atoms with Crippen molar-refractivity contribution in [1.82, 2.24) is 34.9 Å². The fourth-order valence-electron chi connectivity index (χ4n) is 4.35. The van der Waals surface area contributed by atoms with Gasteiger partial charge in [0.15, 0.2) is 11.5 Å². The molecule has 1 aliphatic rings. The number of halogens is 2. The third-order valence-electron chi connectivity index (χ3n) is 6.16. The number of amides is 1. The predicted molar refractivity (Wildman–Crippen MR) is 132 cm³/mol. The smallest absolute Gasteiger partial charge is 0.273 e. The molecular weight excluding hydrogens is 466 g/mol. The number of alkyl halides is 2. The van der Waals surface area contributed by atoms with E-state index in [0.717, 1.165) is 16.5 Å². The number of rotatable bonds is 7. The van der Waals surface area contributed by atoms with Crippen molar-refractivity contribution in [3.05, 3.63) is 54.5 Å². The van der Waals surface area contributed by atoms with Crippen molar-refractivity contribution in [2.75, 3.05) is 31.9 Å². The highest BCUT2D eigenvalue weighted by Crippen LogP contribution is 2.31. The Balaban J connectivity index is 1.40. The Kier molecular flexibility index (Phi) is 6.31. The molecule has 0 bridgehead atoms. The van der Waals surface area contributed by atoms with E-state index in [1.807, 2.05) is 30.3 Å². The van der Waals surface area contributed by atoms with Gasteiger partial charge >= 0.3 is 0 Å². The van der Waals surface area contributed by atoms with Crippen LogP contribution in [0.1, 0.15) is 23.3 Å². The summed E-state index contributed by atoms with van der Waals surface area (Å²) in [5, 5.41) is 8.15. The highest BCUT2D eigenvalue weighted by molar-refractivity contribution is 5.98. The van der Waals surface area contributed by atoms with Crippen LogP contribution in [0.5, 0.6) is 0 Å². The van der Waals surface area contributed by atoms with E-state index >= 15 is 0 Å². The third-order valence-corrected chi connectivity index (χ3v) is 6.16. The van der Waals surface area contributed by atoms with Crippen LogP contribution in [0.15, 0.2) is 48.8 Å². The van der Waals surface area contributed by atoms with Gasteiger partial charge in [0.1, 0.15) is 11.4 Å². The van der Waals surface area contributed by atoms with Crippen molar-refractivity contribution in [3.8, 4) is 22.6 Å². The molecule has 0 spiro atoms. The number of nitrogens with two attached hydrogens (primary N) is 1. The van der Waals surface area contributed by atoms with Gasteiger partial charge in [0.25, 0.3) is 11.8 Å². The molecule has 11 heteroatoms. The zero-order valence-corrected chi connectivity index (χ0v) is 19.8. The van der Waals surface area contributed by atoms with E-state index in [-0.39, 0.29) is 24.5 Å². The molecule has 9 nitrogen and oxygen atoms in total. The fourth-order valence-corrected chi connectivity index (χ4v) is 4.35. The molecule has 1 amide bonds. The highest BCUT2D eigenvalue weighted by Gasteiger charge is 2.37. The summed E-state index contributed by atoms with van der Waals surface area (Å²) in [6, 6.07) is 11.3. The number of pyridine rings is 1. The average molecular weight is 493 g/mol. The Morgan fingerprint density at radius 1 is 1.19 bits per heavy atom. The first-order valence-corrected chi connectivity index (χ1v) is 11.7. The minimum atomic E-state index is -2.63. The highest BCUT2D eigenvalue weighted by atomic mass is 19.3. The Hall–Kier alpha value is -3.99. The molecule has 0 radical (unpaired) electrons. The summed E-state index contributed by atoms with van der Waals surface area (Å²) in [6.07, 6.45) is 3.92. The lowest BCUT2D eigenvalue weighted by Crippen LogP contribution is -2.31. The molecule has 4 aromatic rings. The van der Waals surface area contributed by atoms with Gasteiger partial charge in [0, 0.05) is 56.4 Å². The molecule has 1 aromatic carbocycles. The zero-order valence-electron chi connectivity index (χ0n) is 19.8. The Bertz CT molecular complexity index is 1420. The lowest BCUT2D eigenvalue weighted by Gasteiger charge is -2.16. The van der Waals surface area contributed by atoms with Crippen molar-refractivity contribution in [1.29, 1.82) is 0 Å². The lowest BCUT2D eigenvalue weighted by molar-refractivity contribution is 0.0121. The van der Waals surface area contributed by atoms with Crippen LogP contribution in [0.4, 0.5) is 14.6 Å². The number of likely N-dealkylation sites (tertiary alicyclic amines) is 1. The zero-order chi connectivity index (χ0) is 25.3. The third kappa shape index (κ3) is 5.01. The number of hydrogen-bond acceptors (Lipinski definition) is 7. The van der Waals surface area contributed by atoms with Crippen LogP contribution < -0.4 is 11.1 Å². The number of nitrogens with one attached hydrogen (secondary N) is 1. The van der Waals surface area contributed by atoms with Gasteiger partial charge in [-0.2, -0.15) is 5.10 Å². The number of anilines is 1. The molecule has 0 unspecified atom stereocenters. The van der Waals surface area contributed by atoms with E-state index < -0.39 is 11.8 Å². The second-order valence-electron chi connectivity index (χ2n) is 8.93. The van der Waals surface area contributed by atoms with Crippen LogP contribution in [0.25, 0.3) is 33.5 Å². The topological polar surface area (TPSA) is 115 Å². The summed E-state index contributed by atoms with van der Waals surface area (Å²) in [4.78, 5) is 28.2. The number of nitrogen functional groups attached to an aromatic ring is 1. The Morgan fingerprint density at radius 2 is 2.06 bits per heavy atom. The molecule has 0 aliphatic carbocycles. The molecule has 0 saturated carbocycles. The van der Waals surface area contributed by atoms with Crippen molar-refractivity contribution in [3.63, 3.8) is 0 Å². The molecule has 4 heterocycles. The molecule has 0 atom stereocenters. The summed E-state index contributed by atoms with van der Waals surface area (Å²) in [5.41, 5.74) is 9.25. The molecule has 1 aliphatic heterocycles.